The first-order valence-electron chi connectivity index (χ1n) is 12.5. The van der Waals surface area contributed by atoms with Crippen molar-refractivity contribution in [2.24, 2.45) is 7.05 Å². The van der Waals surface area contributed by atoms with Crippen molar-refractivity contribution in [3.05, 3.63) is 39.9 Å². The van der Waals surface area contributed by atoms with Crippen LogP contribution in [0.4, 0.5) is 5.69 Å². The van der Waals surface area contributed by atoms with Crippen molar-refractivity contribution in [1.29, 1.82) is 5.26 Å². The van der Waals surface area contributed by atoms with Gasteiger partial charge in [0.2, 0.25) is 11.6 Å². The second-order valence-electron chi connectivity index (χ2n) is 9.78. The Hall–Kier alpha value is -3.45. The van der Waals surface area contributed by atoms with Crippen molar-refractivity contribution in [1.82, 2.24) is 24.6 Å². The van der Waals surface area contributed by atoms with Gasteiger partial charge in [0.15, 0.2) is 5.82 Å². The molecule has 35 heavy (non-hydrogen) atoms. The number of nitrogens with zero attached hydrogens (tertiary/aromatic N) is 7. The van der Waals surface area contributed by atoms with E-state index >= 15 is 0 Å². The summed E-state index contributed by atoms with van der Waals surface area (Å²) in [4.78, 5) is 27.3. The summed E-state index contributed by atoms with van der Waals surface area (Å²) in [6, 6.07) is 5.85. The van der Waals surface area contributed by atoms with Crippen LogP contribution in [-0.2, 0) is 7.05 Å². The van der Waals surface area contributed by atoms with Gasteiger partial charge >= 0.3 is 0 Å². The standard InChI is InChI=1S/C25H29N7O3/c1-4-16-11-32-17(12-31(16)18(5-2)24-28-23(29-35-24)14-6-7-14)13-34-22-21(32)20-19(30(3)25(22)33)9-8-15(10-26)27-20/h8-9,14,16-18H,4-7,11-13H2,1-3H3/t16-,17+,18+/m1/s1. The summed E-state index contributed by atoms with van der Waals surface area (Å²) >= 11 is 0. The molecule has 0 amide bonds. The normalized spacial score (nSPS) is 22.9. The van der Waals surface area contributed by atoms with E-state index in [9.17, 15) is 10.1 Å². The molecule has 10 nitrogen and oxygen atoms in total. The van der Waals surface area contributed by atoms with E-state index in [2.05, 4.69) is 39.9 Å². The van der Waals surface area contributed by atoms with E-state index in [1.165, 1.54) is 0 Å². The second-order valence-corrected chi connectivity index (χ2v) is 9.78. The number of anilines is 1. The average molecular weight is 476 g/mol. The Morgan fingerprint density at radius 1 is 1.23 bits per heavy atom. The highest BCUT2D eigenvalue weighted by molar-refractivity contribution is 5.93. The number of hydrogen-bond donors (Lipinski definition) is 0. The quantitative estimate of drug-likeness (QED) is 0.549. The summed E-state index contributed by atoms with van der Waals surface area (Å²) < 4.78 is 13.4. The van der Waals surface area contributed by atoms with E-state index in [1.807, 2.05) is 0 Å². The number of ether oxygens (including phenoxy) is 1. The molecule has 2 fully saturated rings. The number of pyridine rings is 2. The monoisotopic (exact) mass is 475 g/mol. The van der Waals surface area contributed by atoms with Gasteiger partial charge in [-0.3, -0.25) is 9.69 Å². The van der Waals surface area contributed by atoms with Gasteiger partial charge in [-0.25, -0.2) is 4.98 Å². The highest BCUT2D eigenvalue weighted by atomic mass is 16.5. The molecule has 3 aromatic rings. The lowest BCUT2D eigenvalue weighted by atomic mass is 9.98. The Balaban J connectivity index is 1.39. The fourth-order valence-electron chi connectivity index (χ4n) is 5.58. The molecule has 3 aromatic heterocycles. The average Bonchev–Trinajstić information content (AvgIpc) is 3.63. The van der Waals surface area contributed by atoms with Crippen LogP contribution in [0, 0.1) is 11.3 Å². The third kappa shape index (κ3) is 3.48. The molecule has 1 aliphatic carbocycles. The van der Waals surface area contributed by atoms with Crippen molar-refractivity contribution in [2.45, 2.75) is 63.6 Å². The smallest absolute Gasteiger partial charge is 0.295 e. The van der Waals surface area contributed by atoms with Gasteiger partial charge in [0, 0.05) is 32.1 Å². The zero-order valence-corrected chi connectivity index (χ0v) is 20.3. The first-order valence-corrected chi connectivity index (χ1v) is 12.5. The van der Waals surface area contributed by atoms with Crippen LogP contribution in [0.2, 0.25) is 0 Å². The molecule has 182 valence electrons. The molecule has 1 saturated carbocycles. The second kappa shape index (κ2) is 8.34. The molecule has 0 radical (unpaired) electrons. The number of aromatic nitrogens is 4. The van der Waals surface area contributed by atoms with Crippen LogP contribution in [0.3, 0.4) is 0 Å². The third-order valence-electron chi connectivity index (χ3n) is 7.68. The van der Waals surface area contributed by atoms with Crippen LogP contribution in [0.1, 0.15) is 68.9 Å². The molecule has 3 aliphatic rings. The number of hydrogen-bond acceptors (Lipinski definition) is 9. The molecule has 1 saturated heterocycles. The molecule has 0 unspecified atom stereocenters. The molecule has 5 heterocycles. The number of aryl methyl sites for hydroxylation is 1. The predicted molar refractivity (Wildman–Crippen MR) is 128 cm³/mol. The molecule has 6 rings (SSSR count). The van der Waals surface area contributed by atoms with E-state index in [0.717, 1.165) is 44.6 Å². The minimum Gasteiger partial charge on any atom is -0.484 e. The molecule has 0 bridgehead atoms. The first kappa shape index (κ1) is 22.0. The van der Waals surface area contributed by atoms with Gasteiger partial charge in [0.25, 0.3) is 5.56 Å². The zero-order valence-electron chi connectivity index (χ0n) is 20.3. The highest BCUT2D eigenvalue weighted by Gasteiger charge is 2.43. The third-order valence-corrected chi connectivity index (χ3v) is 7.68. The molecule has 10 heteroatoms. The summed E-state index contributed by atoms with van der Waals surface area (Å²) in [5.41, 5.74) is 2.17. The number of piperazine rings is 1. The van der Waals surface area contributed by atoms with Crippen molar-refractivity contribution in [3.63, 3.8) is 0 Å². The van der Waals surface area contributed by atoms with Gasteiger partial charge in [-0.1, -0.05) is 19.0 Å². The Kier molecular flexibility index (Phi) is 5.25. The van der Waals surface area contributed by atoms with Gasteiger partial charge in [-0.15, -0.1) is 0 Å². The zero-order chi connectivity index (χ0) is 24.3. The maximum atomic E-state index is 13.2. The summed E-state index contributed by atoms with van der Waals surface area (Å²) in [5.74, 6) is 2.30. The SMILES string of the molecule is CC[C@@H]1CN2c3c(c(=O)n(C)c4ccc(C#N)nc34)OC[C@@H]2CN1[C@@H](CC)c1nc(C2CC2)no1. The molecular weight excluding hydrogens is 446 g/mol. The van der Waals surface area contributed by atoms with Crippen molar-refractivity contribution in [2.75, 3.05) is 24.6 Å². The Labute approximate surface area is 203 Å². The van der Waals surface area contributed by atoms with Gasteiger partial charge in [0.05, 0.1) is 17.6 Å². The van der Waals surface area contributed by atoms with Gasteiger partial charge < -0.3 is 18.7 Å². The van der Waals surface area contributed by atoms with E-state index in [-0.39, 0.29) is 23.7 Å². The molecule has 0 aromatic carbocycles. The molecule has 0 spiro atoms. The Bertz CT molecular complexity index is 1390. The van der Waals surface area contributed by atoms with Crippen LogP contribution in [0.25, 0.3) is 11.0 Å². The Morgan fingerprint density at radius 3 is 2.77 bits per heavy atom. The van der Waals surface area contributed by atoms with E-state index < -0.39 is 0 Å². The maximum absolute atomic E-state index is 13.2. The van der Waals surface area contributed by atoms with Crippen LogP contribution in [-0.4, -0.2) is 56.4 Å². The lowest BCUT2D eigenvalue weighted by Gasteiger charge is -2.50. The summed E-state index contributed by atoms with van der Waals surface area (Å²) in [6.07, 6.45) is 4.07. The fraction of sp³-hybridized carbons (Fsp3) is 0.560. The first-order chi connectivity index (χ1) is 17.0. The van der Waals surface area contributed by atoms with Gasteiger partial charge in [-0.05, 0) is 37.8 Å². The molecular formula is C25H29N7O3. The summed E-state index contributed by atoms with van der Waals surface area (Å²) in [6.45, 7) is 6.21. The minimum absolute atomic E-state index is 0.0344. The van der Waals surface area contributed by atoms with Gasteiger partial charge in [-0.2, -0.15) is 10.2 Å². The van der Waals surface area contributed by atoms with E-state index in [0.29, 0.717) is 46.6 Å². The predicted octanol–water partition coefficient (Wildman–Crippen LogP) is 2.88. The number of nitriles is 1. The van der Waals surface area contributed by atoms with Crippen molar-refractivity contribution in [3.8, 4) is 11.8 Å². The molecule has 0 N–H and O–H groups in total. The topological polar surface area (TPSA) is 113 Å². The minimum atomic E-state index is -0.183. The molecule has 2 aliphatic heterocycles. The van der Waals surface area contributed by atoms with Crippen LogP contribution < -0.4 is 15.2 Å². The van der Waals surface area contributed by atoms with Crippen LogP contribution >= 0.6 is 0 Å². The van der Waals surface area contributed by atoms with E-state index in [4.69, 9.17) is 14.2 Å². The lowest BCUT2D eigenvalue weighted by Crippen LogP contribution is -2.62. The molecule has 3 atom stereocenters. The number of fused-ring (bicyclic) bond motifs is 5. The summed E-state index contributed by atoms with van der Waals surface area (Å²) in [7, 11) is 1.72. The van der Waals surface area contributed by atoms with Gasteiger partial charge in [0.1, 0.15) is 29.6 Å². The Morgan fingerprint density at radius 2 is 2.06 bits per heavy atom. The van der Waals surface area contributed by atoms with Crippen molar-refractivity contribution >= 4 is 16.7 Å². The summed E-state index contributed by atoms with van der Waals surface area (Å²) in [5, 5.41) is 13.7. The number of rotatable bonds is 5. The lowest BCUT2D eigenvalue weighted by molar-refractivity contribution is 0.0572. The highest BCUT2D eigenvalue weighted by Crippen LogP contribution is 2.42. The van der Waals surface area contributed by atoms with Crippen molar-refractivity contribution < 1.29 is 9.26 Å². The fourth-order valence-corrected chi connectivity index (χ4v) is 5.58. The van der Waals surface area contributed by atoms with Crippen LogP contribution in [0.15, 0.2) is 21.5 Å². The maximum Gasteiger partial charge on any atom is 0.295 e. The van der Waals surface area contributed by atoms with E-state index in [1.54, 1.807) is 23.7 Å². The van der Waals surface area contributed by atoms with Crippen LogP contribution in [0.5, 0.6) is 5.75 Å². The largest absolute Gasteiger partial charge is 0.484 e.